The number of hydrogen-bond acceptors (Lipinski definition) is 7. The van der Waals surface area contributed by atoms with E-state index < -0.39 is 15.9 Å². The van der Waals surface area contributed by atoms with Crippen molar-refractivity contribution in [3.05, 3.63) is 64.5 Å². The molecule has 0 bridgehead atoms. The number of nitrogens with zero attached hydrogens (tertiary/aromatic N) is 3. The van der Waals surface area contributed by atoms with Crippen molar-refractivity contribution >= 4 is 15.8 Å². The second kappa shape index (κ2) is 10.4. The Morgan fingerprint density at radius 2 is 1.95 bits per heavy atom. The summed E-state index contributed by atoms with van der Waals surface area (Å²) in [6.07, 6.45) is 2.29. The molecule has 0 amide bonds. The van der Waals surface area contributed by atoms with Gasteiger partial charge in [0.2, 0.25) is 11.8 Å². The van der Waals surface area contributed by atoms with E-state index in [2.05, 4.69) is 26.7 Å². The van der Waals surface area contributed by atoms with Gasteiger partial charge >= 0.3 is 0 Å². The van der Waals surface area contributed by atoms with E-state index in [4.69, 9.17) is 9.26 Å². The van der Waals surface area contributed by atoms with Crippen LogP contribution in [0.1, 0.15) is 74.6 Å². The molecule has 1 fully saturated rings. The number of pyridine rings is 1. The first kappa shape index (κ1) is 28.5. The van der Waals surface area contributed by atoms with Crippen LogP contribution in [0.3, 0.4) is 0 Å². The van der Waals surface area contributed by atoms with Crippen LogP contribution < -0.4 is 9.46 Å². The molecule has 1 aromatic carbocycles. The summed E-state index contributed by atoms with van der Waals surface area (Å²) in [5.41, 5.74) is 3.44. The Morgan fingerprint density at radius 3 is 2.58 bits per heavy atom. The van der Waals surface area contributed by atoms with E-state index in [-0.39, 0.29) is 47.5 Å². The molecular formula is C29H36F2N4O4S. The standard InChI is InChI=1S/C29H36F2N4O4S/c1-18-26(28(3,4)5)39-33-27(18)34-40(36,37)24-8-6-21-10-11-35(16-23(21)12-24)19(2)22-7-9-25(32-15-22)38-17-20-13-29(30,31)14-20/h6-9,12,15,19-20H,10-11,13-14,16-17H2,1-5H3,(H,33,34)/t19-/m1/s1. The van der Waals surface area contributed by atoms with E-state index in [1.165, 1.54) is 0 Å². The van der Waals surface area contributed by atoms with Crippen molar-refractivity contribution in [2.24, 2.45) is 5.92 Å². The molecule has 1 aliphatic heterocycles. The second-order valence-electron chi connectivity index (χ2n) is 12.0. The zero-order valence-electron chi connectivity index (χ0n) is 23.5. The largest absolute Gasteiger partial charge is 0.477 e. The van der Waals surface area contributed by atoms with Gasteiger partial charge in [0, 0.05) is 61.1 Å². The van der Waals surface area contributed by atoms with Gasteiger partial charge < -0.3 is 9.26 Å². The molecule has 1 atom stereocenters. The summed E-state index contributed by atoms with van der Waals surface area (Å²) in [7, 11) is -3.87. The number of nitrogens with one attached hydrogen (secondary N) is 1. The smallest absolute Gasteiger partial charge is 0.263 e. The minimum absolute atomic E-state index is 0.0343. The van der Waals surface area contributed by atoms with Gasteiger partial charge in [0.25, 0.3) is 10.0 Å². The van der Waals surface area contributed by atoms with Crippen molar-refractivity contribution in [2.75, 3.05) is 17.9 Å². The molecule has 40 heavy (non-hydrogen) atoms. The molecule has 1 N–H and O–H groups in total. The number of sulfonamides is 1. The van der Waals surface area contributed by atoms with Crippen LogP contribution in [0.25, 0.3) is 0 Å². The first-order valence-electron chi connectivity index (χ1n) is 13.5. The van der Waals surface area contributed by atoms with Crippen LogP contribution in [-0.2, 0) is 28.4 Å². The van der Waals surface area contributed by atoms with Crippen molar-refractivity contribution in [2.45, 2.75) is 82.7 Å². The Morgan fingerprint density at radius 1 is 1.20 bits per heavy atom. The van der Waals surface area contributed by atoms with E-state index in [0.29, 0.717) is 23.7 Å². The Hall–Kier alpha value is -3.05. The van der Waals surface area contributed by atoms with Gasteiger partial charge in [0.05, 0.1) is 11.5 Å². The predicted molar refractivity (Wildman–Crippen MR) is 147 cm³/mol. The molecule has 0 saturated heterocycles. The van der Waals surface area contributed by atoms with Gasteiger partial charge in [-0.1, -0.05) is 38.1 Å². The van der Waals surface area contributed by atoms with Crippen LogP contribution in [0.2, 0.25) is 0 Å². The molecule has 0 unspecified atom stereocenters. The fourth-order valence-corrected chi connectivity index (χ4v) is 6.52. The Labute approximate surface area is 234 Å². The summed E-state index contributed by atoms with van der Waals surface area (Å²) < 4.78 is 66.2. The highest BCUT2D eigenvalue weighted by atomic mass is 32.2. The molecule has 3 heterocycles. The van der Waals surface area contributed by atoms with Gasteiger partial charge in [-0.3, -0.25) is 9.62 Å². The van der Waals surface area contributed by atoms with Gasteiger partial charge in [-0.05, 0) is 49.1 Å². The number of aromatic nitrogens is 2. The normalized spacial score (nSPS) is 18.6. The summed E-state index contributed by atoms with van der Waals surface area (Å²) in [6, 6.07) is 8.99. The van der Waals surface area contributed by atoms with Crippen LogP contribution >= 0.6 is 0 Å². The summed E-state index contributed by atoms with van der Waals surface area (Å²) in [6.45, 7) is 11.5. The van der Waals surface area contributed by atoms with E-state index >= 15 is 0 Å². The number of anilines is 1. The van der Waals surface area contributed by atoms with Crippen LogP contribution in [0, 0.1) is 12.8 Å². The van der Waals surface area contributed by atoms with Gasteiger partial charge in [-0.2, -0.15) is 0 Å². The molecule has 1 saturated carbocycles. The first-order valence-corrected chi connectivity index (χ1v) is 15.0. The van der Waals surface area contributed by atoms with Gasteiger partial charge in [-0.15, -0.1) is 0 Å². The van der Waals surface area contributed by atoms with Crippen molar-refractivity contribution in [1.82, 2.24) is 15.0 Å². The number of rotatable bonds is 8. The summed E-state index contributed by atoms with van der Waals surface area (Å²) in [4.78, 5) is 6.83. The molecular weight excluding hydrogens is 538 g/mol. The number of halogens is 2. The Kier molecular flexibility index (Phi) is 7.41. The number of benzene rings is 1. The molecule has 2 aliphatic rings. The molecule has 0 spiro atoms. The van der Waals surface area contributed by atoms with Crippen LogP contribution in [0.5, 0.6) is 5.88 Å². The third-order valence-electron chi connectivity index (χ3n) is 7.80. The van der Waals surface area contributed by atoms with E-state index in [1.54, 1.807) is 31.3 Å². The topological polar surface area (TPSA) is 97.6 Å². The second-order valence-corrected chi connectivity index (χ2v) is 13.7. The van der Waals surface area contributed by atoms with Crippen molar-refractivity contribution in [1.29, 1.82) is 0 Å². The van der Waals surface area contributed by atoms with Crippen LogP contribution in [0.4, 0.5) is 14.6 Å². The minimum atomic E-state index is -3.87. The minimum Gasteiger partial charge on any atom is -0.477 e. The summed E-state index contributed by atoms with van der Waals surface area (Å²) in [5.74, 6) is -1.43. The molecule has 5 rings (SSSR count). The van der Waals surface area contributed by atoms with Crippen LogP contribution in [0.15, 0.2) is 45.9 Å². The quantitative estimate of drug-likeness (QED) is 0.351. The van der Waals surface area contributed by atoms with Crippen molar-refractivity contribution in [3.8, 4) is 5.88 Å². The molecule has 2 aromatic heterocycles. The highest BCUT2D eigenvalue weighted by Gasteiger charge is 2.45. The molecule has 11 heteroatoms. The maximum absolute atomic E-state index is 13.3. The van der Waals surface area contributed by atoms with Gasteiger partial charge in [0.15, 0.2) is 5.82 Å². The van der Waals surface area contributed by atoms with E-state index in [1.807, 2.05) is 32.9 Å². The van der Waals surface area contributed by atoms with Crippen molar-refractivity contribution < 1.29 is 26.5 Å². The number of alkyl halides is 2. The molecule has 1 aliphatic carbocycles. The number of ether oxygens (including phenoxy) is 1. The fourth-order valence-electron chi connectivity index (χ4n) is 5.41. The van der Waals surface area contributed by atoms with Crippen LogP contribution in [-0.4, -0.2) is 42.5 Å². The average molecular weight is 575 g/mol. The van der Waals surface area contributed by atoms with Crippen molar-refractivity contribution in [3.63, 3.8) is 0 Å². The summed E-state index contributed by atoms with van der Waals surface area (Å²) in [5, 5.41) is 3.97. The van der Waals surface area contributed by atoms with E-state index in [0.717, 1.165) is 29.7 Å². The Balaban J connectivity index is 1.24. The Bertz CT molecular complexity index is 1470. The van der Waals surface area contributed by atoms with Gasteiger partial charge in [-0.25, -0.2) is 22.2 Å². The number of fused-ring (bicyclic) bond motifs is 1. The molecule has 0 radical (unpaired) electrons. The zero-order chi connectivity index (χ0) is 28.9. The highest BCUT2D eigenvalue weighted by Crippen LogP contribution is 2.42. The average Bonchev–Trinajstić information content (AvgIpc) is 3.25. The monoisotopic (exact) mass is 574 g/mol. The highest BCUT2D eigenvalue weighted by molar-refractivity contribution is 7.92. The lowest BCUT2D eigenvalue weighted by molar-refractivity contribution is -0.119. The third-order valence-corrected chi connectivity index (χ3v) is 9.13. The zero-order valence-corrected chi connectivity index (χ0v) is 24.3. The summed E-state index contributed by atoms with van der Waals surface area (Å²) >= 11 is 0. The lowest BCUT2D eigenvalue weighted by Gasteiger charge is -2.34. The number of hydrogen-bond donors (Lipinski definition) is 1. The lowest BCUT2D eigenvalue weighted by atomic mass is 9.82. The fraction of sp³-hybridized carbons (Fsp3) is 0.517. The maximum atomic E-state index is 13.3. The third kappa shape index (κ3) is 6.00. The lowest BCUT2D eigenvalue weighted by Crippen LogP contribution is -2.38. The first-order chi connectivity index (χ1) is 18.7. The molecule has 8 nitrogen and oxygen atoms in total. The van der Waals surface area contributed by atoms with Gasteiger partial charge in [0.1, 0.15) is 5.76 Å². The molecule has 216 valence electrons. The maximum Gasteiger partial charge on any atom is 0.263 e. The van der Waals surface area contributed by atoms with E-state index in [9.17, 15) is 17.2 Å². The SMILES string of the molecule is Cc1c(NS(=O)(=O)c2ccc3c(c2)CN([C@H](C)c2ccc(OCC4CC(F)(F)C4)nc2)CC3)noc1C(C)(C)C. The molecule has 3 aromatic rings. The predicted octanol–water partition coefficient (Wildman–Crippen LogP) is 6.02.